The van der Waals surface area contributed by atoms with E-state index < -0.39 is 0 Å². The van der Waals surface area contributed by atoms with Gasteiger partial charge in [-0.25, -0.2) is 0 Å². The van der Waals surface area contributed by atoms with E-state index in [-0.39, 0.29) is 6.04 Å². The van der Waals surface area contributed by atoms with E-state index in [4.69, 9.17) is 0 Å². The van der Waals surface area contributed by atoms with Gasteiger partial charge >= 0.3 is 0 Å². The van der Waals surface area contributed by atoms with E-state index in [1.807, 2.05) is 24.3 Å². The number of benzene rings is 1. The van der Waals surface area contributed by atoms with Gasteiger partial charge in [0.15, 0.2) is 5.78 Å². The van der Waals surface area contributed by atoms with Gasteiger partial charge in [0.1, 0.15) is 0 Å². The van der Waals surface area contributed by atoms with Crippen LogP contribution >= 0.6 is 15.9 Å². The van der Waals surface area contributed by atoms with Gasteiger partial charge in [0.25, 0.3) is 0 Å². The number of rotatable bonds is 2. The molecule has 1 aliphatic heterocycles. The number of halogens is 1. The monoisotopic (exact) mass is 267 g/mol. The summed E-state index contributed by atoms with van der Waals surface area (Å²) in [4.78, 5) is 14.1. The second-order valence-corrected chi connectivity index (χ2v) is 4.62. The molecule has 1 atom stereocenters. The Hall–Kier alpha value is -0.670. The van der Waals surface area contributed by atoms with Crippen molar-refractivity contribution in [2.75, 3.05) is 13.1 Å². The first-order chi connectivity index (χ1) is 7.24. The van der Waals surface area contributed by atoms with E-state index in [9.17, 15) is 4.79 Å². The van der Waals surface area contributed by atoms with E-state index in [1.165, 1.54) is 0 Å². The fourth-order valence-electron chi connectivity index (χ4n) is 2.13. The minimum absolute atomic E-state index is 0.0365. The molecule has 1 aliphatic rings. The van der Waals surface area contributed by atoms with Gasteiger partial charge in [-0.3, -0.25) is 9.69 Å². The summed E-state index contributed by atoms with van der Waals surface area (Å²) in [6, 6.07) is 7.95. The maximum Gasteiger partial charge on any atom is 0.155 e. The molecule has 1 unspecified atom stereocenters. The number of carbonyl (C=O) groups excluding carboxylic acids is 1. The predicted octanol–water partition coefficient (Wildman–Crippen LogP) is 2.78. The first-order valence-electron chi connectivity index (χ1n) is 5.25. The summed E-state index contributed by atoms with van der Waals surface area (Å²) < 4.78 is 1.03. The molecule has 15 heavy (non-hydrogen) atoms. The van der Waals surface area contributed by atoms with Gasteiger partial charge in [-0.15, -0.1) is 0 Å². The molecule has 0 spiro atoms. The third kappa shape index (κ3) is 1.99. The zero-order valence-electron chi connectivity index (χ0n) is 8.74. The van der Waals surface area contributed by atoms with E-state index in [2.05, 4.69) is 27.8 Å². The third-order valence-corrected chi connectivity index (χ3v) is 3.64. The number of likely N-dealkylation sites (tertiary alicyclic amines) is 1. The number of nitrogens with zero attached hydrogens (tertiary/aromatic N) is 1. The van der Waals surface area contributed by atoms with E-state index >= 15 is 0 Å². The Bertz CT molecular complexity index is 378. The lowest BCUT2D eigenvalue weighted by Gasteiger charge is -2.22. The van der Waals surface area contributed by atoms with Crippen molar-refractivity contribution >= 4 is 21.7 Å². The normalized spacial score (nSPS) is 22.3. The topological polar surface area (TPSA) is 20.3 Å². The molecule has 0 N–H and O–H groups in total. The van der Waals surface area contributed by atoms with Gasteiger partial charge in [0, 0.05) is 17.4 Å². The summed E-state index contributed by atoms with van der Waals surface area (Å²) in [5.41, 5.74) is 1.10. The number of hydrogen-bond donors (Lipinski definition) is 0. The van der Waals surface area contributed by atoms with Crippen molar-refractivity contribution in [2.45, 2.75) is 19.4 Å². The molecule has 1 aromatic rings. The van der Waals surface area contributed by atoms with Gasteiger partial charge in [-0.2, -0.15) is 0 Å². The highest BCUT2D eigenvalue weighted by Crippen LogP contribution is 2.32. The summed E-state index contributed by atoms with van der Waals surface area (Å²) >= 11 is 3.51. The Morgan fingerprint density at radius 1 is 1.47 bits per heavy atom. The molecule has 1 saturated heterocycles. The second kappa shape index (κ2) is 4.45. The van der Waals surface area contributed by atoms with E-state index in [0.29, 0.717) is 12.2 Å². The minimum atomic E-state index is -0.0365. The van der Waals surface area contributed by atoms with Crippen LogP contribution in [0.3, 0.4) is 0 Å². The Morgan fingerprint density at radius 2 is 2.20 bits per heavy atom. The van der Waals surface area contributed by atoms with E-state index in [0.717, 1.165) is 23.1 Å². The molecule has 0 bridgehead atoms. The van der Waals surface area contributed by atoms with Crippen LogP contribution in [-0.2, 0) is 4.79 Å². The SMILES string of the molecule is CCN1CCC(=O)C1c1ccccc1Br. The molecule has 1 fully saturated rings. The van der Waals surface area contributed by atoms with Crippen molar-refractivity contribution < 1.29 is 4.79 Å². The minimum Gasteiger partial charge on any atom is -0.297 e. The fraction of sp³-hybridized carbons (Fsp3) is 0.417. The third-order valence-electron chi connectivity index (χ3n) is 2.92. The highest BCUT2D eigenvalue weighted by atomic mass is 79.9. The molecule has 0 amide bonds. The average molecular weight is 268 g/mol. The van der Waals surface area contributed by atoms with Crippen molar-refractivity contribution in [3.8, 4) is 0 Å². The molecular formula is C12H14BrNO. The van der Waals surface area contributed by atoms with Crippen LogP contribution in [-0.4, -0.2) is 23.8 Å². The lowest BCUT2D eigenvalue weighted by Crippen LogP contribution is -2.25. The highest BCUT2D eigenvalue weighted by Gasteiger charge is 2.33. The van der Waals surface area contributed by atoms with Crippen LogP contribution in [0.1, 0.15) is 24.9 Å². The van der Waals surface area contributed by atoms with Crippen LogP contribution in [0.5, 0.6) is 0 Å². The van der Waals surface area contributed by atoms with Crippen molar-refractivity contribution in [1.29, 1.82) is 0 Å². The van der Waals surface area contributed by atoms with Crippen molar-refractivity contribution in [2.24, 2.45) is 0 Å². The van der Waals surface area contributed by atoms with Gasteiger partial charge in [0.05, 0.1) is 6.04 Å². The smallest absolute Gasteiger partial charge is 0.155 e. The highest BCUT2D eigenvalue weighted by molar-refractivity contribution is 9.10. The van der Waals surface area contributed by atoms with Gasteiger partial charge in [-0.1, -0.05) is 41.1 Å². The lowest BCUT2D eigenvalue weighted by molar-refractivity contribution is -0.120. The Kier molecular flexibility index (Phi) is 3.22. The Labute approximate surface area is 98.4 Å². The van der Waals surface area contributed by atoms with Crippen molar-refractivity contribution in [1.82, 2.24) is 4.90 Å². The van der Waals surface area contributed by atoms with Gasteiger partial charge < -0.3 is 0 Å². The molecule has 1 heterocycles. The second-order valence-electron chi connectivity index (χ2n) is 3.77. The number of carbonyl (C=O) groups is 1. The molecule has 2 nitrogen and oxygen atoms in total. The average Bonchev–Trinajstić information content (AvgIpc) is 2.60. The molecule has 0 saturated carbocycles. The van der Waals surface area contributed by atoms with Crippen LogP contribution in [0.2, 0.25) is 0 Å². The summed E-state index contributed by atoms with van der Waals surface area (Å²) in [7, 11) is 0. The van der Waals surface area contributed by atoms with Crippen molar-refractivity contribution in [3.05, 3.63) is 34.3 Å². The van der Waals surface area contributed by atoms with E-state index in [1.54, 1.807) is 0 Å². The largest absolute Gasteiger partial charge is 0.297 e. The predicted molar refractivity (Wildman–Crippen MR) is 63.8 cm³/mol. The lowest BCUT2D eigenvalue weighted by atomic mass is 10.0. The van der Waals surface area contributed by atoms with Crippen molar-refractivity contribution in [3.63, 3.8) is 0 Å². The molecule has 2 rings (SSSR count). The molecule has 80 valence electrons. The molecule has 0 aliphatic carbocycles. The van der Waals surface area contributed by atoms with Crippen LogP contribution in [0, 0.1) is 0 Å². The van der Waals surface area contributed by atoms with Gasteiger partial charge in [-0.05, 0) is 18.2 Å². The number of Topliss-reactive ketones (excluding diaryl/α,β-unsaturated/α-hetero) is 1. The maximum absolute atomic E-state index is 11.8. The zero-order valence-corrected chi connectivity index (χ0v) is 10.3. The molecule has 3 heteroatoms. The van der Waals surface area contributed by atoms with Crippen LogP contribution in [0.25, 0.3) is 0 Å². The number of ketones is 1. The fourth-order valence-corrected chi connectivity index (χ4v) is 2.63. The first-order valence-corrected chi connectivity index (χ1v) is 6.04. The quantitative estimate of drug-likeness (QED) is 0.822. The Balaban J connectivity index is 2.36. The maximum atomic E-state index is 11.8. The summed E-state index contributed by atoms with van der Waals surface area (Å²) in [6.45, 7) is 3.92. The molecule has 0 radical (unpaired) electrons. The van der Waals surface area contributed by atoms with Crippen LogP contribution in [0.4, 0.5) is 0 Å². The summed E-state index contributed by atoms with van der Waals surface area (Å²) in [6.07, 6.45) is 0.680. The number of hydrogen-bond acceptors (Lipinski definition) is 2. The molecular weight excluding hydrogens is 254 g/mol. The van der Waals surface area contributed by atoms with Crippen LogP contribution in [0.15, 0.2) is 28.7 Å². The standard InChI is InChI=1S/C12H14BrNO/c1-2-14-8-7-11(15)12(14)9-5-3-4-6-10(9)13/h3-6,12H,2,7-8H2,1H3. The summed E-state index contributed by atoms with van der Waals surface area (Å²) in [5.74, 6) is 0.337. The Morgan fingerprint density at radius 3 is 2.87 bits per heavy atom. The molecule has 0 aromatic heterocycles. The van der Waals surface area contributed by atoms with Crippen LogP contribution < -0.4 is 0 Å². The number of likely N-dealkylation sites (N-methyl/N-ethyl adjacent to an activating group) is 1. The van der Waals surface area contributed by atoms with Gasteiger partial charge in [0.2, 0.25) is 0 Å². The first kappa shape index (κ1) is 10.8. The molecule has 1 aromatic carbocycles. The zero-order chi connectivity index (χ0) is 10.8. The summed E-state index contributed by atoms with van der Waals surface area (Å²) in [5, 5.41) is 0.